The van der Waals surface area contributed by atoms with Crippen LogP contribution in [0.3, 0.4) is 0 Å². The molecule has 2 heterocycles. The van der Waals surface area contributed by atoms with Crippen molar-refractivity contribution in [3.8, 4) is 11.5 Å². The van der Waals surface area contributed by atoms with Crippen LogP contribution >= 0.6 is 0 Å². The number of hydrogen-bond acceptors (Lipinski definition) is 8. The Hall–Kier alpha value is -3.03. The van der Waals surface area contributed by atoms with Gasteiger partial charge >= 0.3 is 11.9 Å². The van der Waals surface area contributed by atoms with Gasteiger partial charge in [-0.3, -0.25) is 4.79 Å². The number of nitrogens with one attached hydrogen (secondary N) is 1. The van der Waals surface area contributed by atoms with Crippen LogP contribution in [0.4, 0.5) is 5.69 Å². The fraction of sp³-hybridized carbons (Fsp3) is 0.353. The van der Waals surface area contributed by atoms with Gasteiger partial charge in [0.15, 0.2) is 22.9 Å². The molecule has 1 aromatic rings. The summed E-state index contributed by atoms with van der Waals surface area (Å²) in [6.45, 7) is 5.11. The number of carbonyl (C=O) groups is 3. The van der Waals surface area contributed by atoms with Crippen molar-refractivity contribution in [2.24, 2.45) is 0 Å². The first-order chi connectivity index (χ1) is 11.8. The quantitative estimate of drug-likeness (QED) is 0.382. The number of hydrogen-bond donors (Lipinski definition) is 1. The van der Waals surface area contributed by atoms with E-state index >= 15 is 0 Å². The molecule has 8 nitrogen and oxygen atoms in total. The van der Waals surface area contributed by atoms with Crippen molar-refractivity contribution in [1.29, 1.82) is 0 Å². The molecule has 1 aromatic carbocycles. The van der Waals surface area contributed by atoms with Gasteiger partial charge in [-0.25, -0.2) is 9.59 Å². The normalized spacial score (nSPS) is 18.1. The van der Waals surface area contributed by atoms with Crippen molar-refractivity contribution >= 4 is 23.4 Å². The van der Waals surface area contributed by atoms with Crippen LogP contribution in [0.2, 0.25) is 0 Å². The molecule has 1 fully saturated rings. The van der Waals surface area contributed by atoms with E-state index < -0.39 is 17.7 Å². The highest BCUT2D eigenvalue weighted by Crippen LogP contribution is 2.36. The van der Waals surface area contributed by atoms with Crippen LogP contribution in [0, 0.1) is 0 Å². The third kappa shape index (κ3) is 3.42. The Balaban J connectivity index is 1.91. The maximum atomic E-state index is 12.0. The molecular formula is C17H17NO7. The molecule has 25 heavy (non-hydrogen) atoms. The zero-order valence-corrected chi connectivity index (χ0v) is 14.0. The topological polar surface area (TPSA) is 100 Å². The molecule has 0 radical (unpaired) electrons. The number of rotatable bonds is 3. The van der Waals surface area contributed by atoms with Gasteiger partial charge in [0.05, 0.1) is 5.69 Å². The van der Waals surface area contributed by atoms with E-state index in [1.165, 1.54) is 20.8 Å². The van der Waals surface area contributed by atoms with E-state index in [0.717, 1.165) is 6.20 Å². The SMILES string of the molecule is CC(=O)c1cc2c(cc1NC=C1C(=O)OC(C)(C)OC1=O)OCCO2. The Bertz CT molecular complexity index is 772. The van der Waals surface area contributed by atoms with E-state index in [1.54, 1.807) is 12.1 Å². The molecule has 1 saturated heterocycles. The predicted octanol–water partition coefficient (Wildman–Crippen LogP) is 1.79. The molecule has 2 aliphatic rings. The first kappa shape index (κ1) is 16.8. The summed E-state index contributed by atoms with van der Waals surface area (Å²) in [4.78, 5) is 35.8. The van der Waals surface area contributed by atoms with Gasteiger partial charge in [-0.1, -0.05) is 0 Å². The first-order valence-electron chi connectivity index (χ1n) is 7.65. The smallest absolute Gasteiger partial charge is 0.350 e. The van der Waals surface area contributed by atoms with Crippen molar-refractivity contribution in [3.05, 3.63) is 29.5 Å². The number of carbonyl (C=O) groups excluding carboxylic acids is 3. The fourth-order valence-electron chi connectivity index (χ4n) is 2.43. The van der Waals surface area contributed by atoms with Crippen LogP contribution in [0.1, 0.15) is 31.1 Å². The lowest BCUT2D eigenvalue weighted by molar-refractivity contribution is -0.222. The van der Waals surface area contributed by atoms with Gasteiger partial charge in [-0.15, -0.1) is 0 Å². The van der Waals surface area contributed by atoms with Gasteiger partial charge in [-0.2, -0.15) is 0 Å². The van der Waals surface area contributed by atoms with Crippen molar-refractivity contribution in [2.75, 3.05) is 18.5 Å². The first-order valence-corrected chi connectivity index (χ1v) is 7.65. The second-order valence-corrected chi connectivity index (χ2v) is 5.98. The third-order valence-electron chi connectivity index (χ3n) is 3.55. The largest absolute Gasteiger partial charge is 0.486 e. The molecule has 8 heteroatoms. The van der Waals surface area contributed by atoms with Crippen LogP contribution < -0.4 is 14.8 Å². The molecular weight excluding hydrogens is 330 g/mol. The average molecular weight is 347 g/mol. The molecule has 0 amide bonds. The molecule has 132 valence electrons. The predicted molar refractivity (Wildman–Crippen MR) is 85.4 cm³/mol. The Morgan fingerprint density at radius 3 is 2.20 bits per heavy atom. The summed E-state index contributed by atoms with van der Waals surface area (Å²) in [5.41, 5.74) is 0.400. The van der Waals surface area contributed by atoms with Crippen LogP contribution in [0.5, 0.6) is 11.5 Å². The van der Waals surface area contributed by atoms with E-state index in [9.17, 15) is 14.4 Å². The summed E-state index contributed by atoms with van der Waals surface area (Å²) in [6, 6.07) is 3.13. The van der Waals surface area contributed by atoms with Crippen molar-refractivity contribution in [1.82, 2.24) is 0 Å². The van der Waals surface area contributed by atoms with Crippen molar-refractivity contribution < 1.29 is 33.3 Å². The minimum atomic E-state index is -1.31. The summed E-state index contributed by atoms with van der Waals surface area (Å²) in [5, 5.41) is 2.78. The van der Waals surface area contributed by atoms with Crippen molar-refractivity contribution in [3.63, 3.8) is 0 Å². The molecule has 0 unspecified atom stereocenters. The molecule has 0 spiro atoms. The van der Waals surface area contributed by atoms with E-state index in [4.69, 9.17) is 18.9 Å². The molecule has 0 bridgehead atoms. The van der Waals surface area contributed by atoms with Crippen molar-refractivity contribution in [2.45, 2.75) is 26.6 Å². The second kappa shape index (κ2) is 6.12. The number of Topliss-reactive ketones (excluding diaryl/α,β-unsaturated/α-hetero) is 1. The number of esters is 2. The number of fused-ring (bicyclic) bond motifs is 1. The zero-order chi connectivity index (χ0) is 18.2. The summed E-state index contributed by atoms with van der Waals surface area (Å²) in [7, 11) is 0. The Morgan fingerprint density at radius 1 is 1.08 bits per heavy atom. The maximum Gasteiger partial charge on any atom is 0.350 e. The lowest BCUT2D eigenvalue weighted by Gasteiger charge is -2.29. The highest BCUT2D eigenvalue weighted by atomic mass is 16.7. The number of ketones is 1. The lowest BCUT2D eigenvalue weighted by atomic mass is 10.1. The molecule has 3 rings (SSSR count). The maximum absolute atomic E-state index is 12.0. The number of anilines is 1. The van der Waals surface area contributed by atoms with E-state index in [2.05, 4.69) is 5.32 Å². The standard InChI is InChI=1S/C17H17NO7/c1-9(19)10-6-13-14(23-5-4-22-13)7-12(10)18-8-11-15(20)24-17(2,3)25-16(11)21/h6-8,18H,4-5H2,1-3H3. The fourth-order valence-corrected chi connectivity index (χ4v) is 2.43. The summed E-state index contributed by atoms with van der Waals surface area (Å²) < 4.78 is 21.0. The van der Waals surface area contributed by atoms with E-state index in [-0.39, 0.29) is 11.4 Å². The van der Waals surface area contributed by atoms with E-state index in [0.29, 0.717) is 36.0 Å². The Labute approximate surface area is 143 Å². The third-order valence-corrected chi connectivity index (χ3v) is 3.55. The van der Waals surface area contributed by atoms with Crippen LogP contribution in [0.15, 0.2) is 23.9 Å². The molecule has 0 saturated carbocycles. The van der Waals surface area contributed by atoms with Gasteiger partial charge in [-0.05, 0) is 13.0 Å². The highest BCUT2D eigenvalue weighted by molar-refractivity contribution is 6.15. The summed E-state index contributed by atoms with van der Waals surface area (Å²) >= 11 is 0. The average Bonchev–Trinajstić information content (AvgIpc) is 2.52. The highest BCUT2D eigenvalue weighted by Gasteiger charge is 2.39. The van der Waals surface area contributed by atoms with Crippen LogP contribution in [-0.2, 0) is 19.1 Å². The number of cyclic esters (lactones) is 2. The van der Waals surface area contributed by atoms with Gasteiger partial charge in [0.2, 0.25) is 0 Å². The number of benzene rings is 1. The minimum Gasteiger partial charge on any atom is -0.486 e. The van der Waals surface area contributed by atoms with Gasteiger partial charge in [0, 0.05) is 31.7 Å². The molecule has 0 aromatic heterocycles. The molecule has 0 atom stereocenters. The Morgan fingerprint density at radius 2 is 1.64 bits per heavy atom. The van der Waals surface area contributed by atoms with E-state index in [1.807, 2.05) is 0 Å². The number of ether oxygens (including phenoxy) is 4. The Kier molecular flexibility index (Phi) is 4.12. The monoisotopic (exact) mass is 347 g/mol. The zero-order valence-electron chi connectivity index (χ0n) is 14.0. The summed E-state index contributed by atoms with van der Waals surface area (Å²) in [6.07, 6.45) is 1.15. The van der Waals surface area contributed by atoms with Crippen LogP contribution in [-0.4, -0.2) is 36.7 Å². The molecule has 1 N–H and O–H groups in total. The molecule has 0 aliphatic carbocycles. The van der Waals surface area contributed by atoms with Gasteiger partial charge in [0.25, 0.3) is 5.79 Å². The summed E-state index contributed by atoms with van der Waals surface area (Å²) in [5.74, 6) is -2.22. The van der Waals surface area contributed by atoms with Crippen LogP contribution in [0.25, 0.3) is 0 Å². The molecule has 2 aliphatic heterocycles. The minimum absolute atomic E-state index is 0.215. The second-order valence-electron chi connectivity index (χ2n) is 5.98. The van der Waals surface area contributed by atoms with Gasteiger partial charge < -0.3 is 24.3 Å². The van der Waals surface area contributed by atoms with Gasteiger partial charge in [0.1, 0.15) is 13.2 Å². The lowest BCUT2D eigenvalue weighted by Crippen LogP contribution is -2.42.